The van der Waals surface area contributed by atoms with E-state index in [4.69, 9.17) is 9.84 Å². The fourth-order valence-electron chi connectivity index (χ4n) is 3.91. The molecule has 190 valence electrons. The summed E-state index contributed by atoms with van der Waals surface area (Å²) in [6, 6.07) is 27.9. The van der Waals surface area contributed by atoms with Crippen molar-refractivity contribution in [1.82, 2.24) is 14.7 Å². The molecule has 1 aromatic heterocycles. The van der Waals surface area contributed by atoms with Crippen LogP contribution in [0.25, 0.3) is 16.9 Å². The van der Waals surface area contributed by atoms with Crippen LogP contribution in [-0.2, 0) is 4.79 Å². The third kappa shape index (κ3) is 6.76. The topological polar surface area (TPSA) is 88.5 Å². The summed E-state index contributed by atoms with van der Waals surface area (Å²) < 4.78 is 6.93. The lowest BCUT2D eigenvalue weighted by Crippen LogP contribution is -2.42. The molecule has 4 aromatic rings. The number of ether oxygens (including phenoxy) is 1. The molecule has 8 heteroatoms. The Hall–Kier alpha value is -4.59. The molecule has 0 saturated heterocycles. The maximum atomic E-state index is 13.2. The number of rotatable bonds is 9. The van der Waals surface area contributed by atoms with Crippen LogP contribution in [0.2, 0.25) is 0 Å². The number of nitrogens with zero attached hydrogens (tertiary/aromatic N) is 3. The molecule has 0 spiro atoms. The molecule has 0 aliphatic rings. The lowest BCUT2D eigenvalue weighted by molar-refractivity contribution is -0.116. The van der Waals surface area contributed by atoms with E-state index in [2.05, 4.69) is 10.6 Å². The maximum Gasteiger partial charge on any atom is 0.322 e. The monoisotopic (exact) mass is 497 g/mol. The Labute approximate surface area is 216 Å². The van der Waals surface area contributed by atoms with Gasteiger partial charge in [-0.2, -0.15) is 5.10 Å². The molecule has 1 heterocycles. The highest BCUT2D eigenvalue weighted by Gasteiger charge is 2.21. The van der Waals surface area contributed by atoms with Crippen LogP contribution in [0.4, 0.5) is 16.3 Å². The number of aromatic nitrogens is 2. The van der Waals surface area contributed by atoms with Gasteiger partial charge in [-0.25, -0.2) is 9.48 Å². The van der Waals surface area contributed by atoms with Gasteiger partial charge in [0.15, 0.2) is 0 Å². The van der Waals surface area contributed by atoms with Crippen LogP contribution in [0, 0.1) is 5.92 Å². The lowest BCUT2D eigenvalue weighted by Gasteiger charge is -2.24. The highest BCUT2D eigenvalue weighted by molar-refractivity contribution is 5.97. The molecule has 0 atom stereocenters. The number of carbonyl (C=O) groups excluding carboxylic acids is 2. The fraction of sp³-hybridized carbons (Fsp3) is 0.207. The summed E-state index contributed by atoms with van der Waals surface area (Å²) >= 11 is 0. The number of benzene rings is 3. The average Bonchev–Trinajstić information content (AvgIpc) is 3.32. The van der Waals surface area contributed by atoms with Crippen LogP contribution in [0.5, 0.6) is 5.75 Å². The molecule has 0 saturated carbocycles. The summed E-state index contributed by atoms with van der Waals surface area (Å²) in [5.74, 6) is 1.00. The minimum absolute atomic E-state index is 0.116. The van der Waals surface area contributed by atoms with E-state index in [0.29, 0.717) is 23.8 Å². The predicted octanol–water partition coefficient (Wildman–Crippen LogP) is 5.68. The van der Waals surface area contributed by atoms with E-state index in [1.807, 2.05) is 80.6 Å². The summed E-state index contributed by atoms with van der Waals surface area (Å²) in [6.45, 7) is 4.30. The molecule has 8 nitrogen and oxygen atoms in total. The smallest absolute Gasteiger partial charge is 0.322 e. The number of hydrogen-bond donors (Lipinski definition) is 2. The number of methoxy groups -OCH3 is 1. The number of amides is 3. The van der Waals surface area contributed by atoms with Crippen LogP contribution >= 0.6 is 0 Å². The van der Waals surface area contributed by atoms with E-state index in [1.54, 1.807) is 36.1 Å². The van der Waals surface area contributed by atoms with E-state index in [0.717, 1.165) is 16.9 Å². The molecule has 4 rings (SSSR count). The Bertz CT molecular complexity index is 1340. The largest absolute Gasteiger partial charge is 0.497 e. The Kier molecular flexibility index (Phi) is 8.20. The highest BCUT2D eigenvalue weighted by atomic mass is 16.5. The van der Waals surface area contributed by atoms with Crippen LogP contribution in [-0.4, -0.2) is 46.8 Å². The van der Waals surface area contributed by atoms with E-state index in [-0.39, 0.29) is 24.4 Å². The molecule has 37 heavy (non-hydrogen) atoms. The predicted molar refractivity (Wildman–Crippen MR) is 146 cm³/mol. The molecule has 0 unspecified atom stereocenters. The quantitative estimate of drug-likeness (QED) is 0.312. The van der Waals surface area contributed by atoms with Gasteiger partial charge in [-0.1, -0.05) is 68.4 Å². The Morgan fingerprint density at radius 3 is 2.30 bits per heavy atom. The second kappa shape index (κ2) is 11.9. The van der Waals surface area contributed by atoms with Gasteiger partial charge in [-0.15, -0.1) is 0 Å². The van der Waals surface area contributed by atoms with E-state index >= 15 is 0 Å². The van der Waals surface area contributed by atoms with Gasteiger partial charge in [0.05, 0.1) is 18.5 Å². The minimum atomic E-state index is -0.362. The Balaban J connectivity index is 1.54. The van der Waals surface area contributed by atoms with Crippen molar-refractivity contribution >= 4 is 23.4 Å². The summed E-state index contributed by atoms with van der Waals surface area (Å²) in [4.78, 5) is 27.8. The summed E-state index contributed by atoms with van der Waals surface area (Å²) in [5, 5.41) is 10.6. The third-order valence-electron chi connectivity index (χ3n) is 5.58. The van der Waals surface area contributed by atoms with Crippen LogP contribution in [0.1, 0.15) is 13.8 Å². The molecule has 3 amide bonds. The number of hydrogen-bond acceptors (Lipinski definition) is 4. The van der Waals surface area contributed by atoms with Gasteiger partial charge >= 0.3 is 6.03 Å². The summed E-state index contributed by atoms with van der Waals surface area (Å²) in [7, 11) is 1.57. The van der Waals surface area contributed by atoms with Crippen molar-refractivity contribution in [2.75, 3.05) is 30.8 Å². The highest BCUT2D eigenvalue weighted by Crippen LogP contribution is 2.25. The zero-order chi connectivity index (χ0) is 26.2. The van der Waals surface area contributed by atoms with Gasteiger partial charge in [-0.3, -0.25) is 4.79 Å². The molecule has 0 bridgehead atoms. The fourth-order valence-corrected chi connectivity index (χ4v) is 3.91. The standard InChI is InChI=1S/C29H31N5O3/c1-21(2)19-33(29(36)30-23-13-10-16-25(17-23)37-3)20-28(35)31-27-18-26(22-11-6-4-7-12-22)32-34(27)24-14-8-5-9-15-24/h4-18,21H,19-20H2,1-3H3,(H,30,36)(H,31,35). The molecule has 0 fully saturated rings. The summed E-state index contributed by atoms with van der Waals surface area (Å²) in [6.07, 6.45) is 0. The van der Waals surface area contributed by atoms with Crippen molar-refractivity contribution < 1.29 is 14.3 Å². The SMILES string of the molecule is COc1cccc(NC(=O)N(CC(=O)Nc2cc(-c3ccccc3)nn2-c2ccccc2)CC(C)C)c1. The normalized spacial score (nSPS) is 10.7. The molecule has 3 aromatic carbocycles. The number of anilines is 2. The first-order valence-corrected chi connectivity index (χ1v) is 12.1. The van der Waals surface area contributed by atoms with Crippen molar-refractivity contribution in [3.05, 3.63) is 91.0 Å². The van der Waals surface area contributed by atoms with Gasteiger partial charge < -0.3 is 20.3 Å². The van der Waals surface area contributed by atoms with Gasteiger partial charge in [0.1, 0.15) is 18.1 Å². The van der Waals surface area contributed by atoms with Crippen molar-refractivity contribution in [3.63, 3.8) is 0 Å². The Morgan fingerprint density at radius 2 is 1.62 bits per heavy atom. The second-order valence-electron chi connectivity index (χ2n) is 9.01. The van der Waals surface area contributed by atoms with Crippen LogP contribution in [0.15, 0.2) is 91.0 Å². The number of urea groups is 1. The van der Waals surface area contributed by atoms with Crippen molar-refractivity contribution in [2.24, 2.45) is 5.92 Å². The zero-order valence-electron chi connectivity index (χ0n) is 21.2. The molecule has 2 N–H and O–H groups in total. The van der Waals surface area contributed by atoms with Crippen LogP contribution in [0.3, 0.4) is 0 Å². The number of nitrogens with one attached hydrogen (secondary N) is 2. The van der Waals surface area contributed by atoms with Gasteiger partial charge in [0, 0.05) is 29.9 Å². The van der Waals surface area contributed by atoms with Crippen molar-refractivity contribution in [2.45, 2.75) is 13.8 Å². The first-order chi connectivity index (χ1) is 17.9. The second-order valence-corrected chi connectivity index (χ2v) is 9.01. The molecular formula is C29H31N5O3. The maximum absolute atomic E-state index is 13.2. The van der Waals surface area contributed by atoms with Gasteiger partial charge in [0.2, 0.25) is 5.91 Å². The van der Waals surface area contributed by atoms with Crippen molar-refractivity contribution in [3.8, 4) is 22.7 Å². The first-order valence-electron chi connectivity index (χ1n) is 12.1. The summed E-state index contributed by atoms with van der Waals surface area (Å²) in [5.41, 5.74) is 3.07. The molecule has 0 aliphatic carbocycles. The number of para-hydroxylation sites is 1. The van der Waals surface area contributed by atoms with E-state index in [1.165, 1.54) is 4.90 Å². The van der Waals surface area contributed by atoms with Crippen LogP contribution < -0.4 is 15.4 Å². The number of carbonyl (C=O) groups is 2. The average molecular weight is 498 g/mol. The third-order valence-corrected chi connectivity index (χ3v) is 5.58. The molecule has 0 radical (unpaired) electrons. The van der Waals surface area contributed by atoms with E-state index in [9.17, 15) is 9.59 Å². The van der Waals surface area contributed by atoms with Gasteiger partial charge in [0.25, 0.3) is 0 Å². The van der Waals surface area contributed by atoms with Crippen molar-refractivity contribution in [1.29, 1.82) is 0 Å². The van der Waals surface area contributed by atoms with E-state index < -0.39 is 0 Å². The Morgan fingerprint density at radius 1 is 0.919 bits per heavy atom. The zero-order valence-corrected chi connectivity index (χ0v) is 21.2. The van der Waals surface area contributed by atoms with Gasteiger partial charge in [-0.05, 0) is 30.2 Å². The first kappa shape index (κ1) is 25.5. The molecular weight excluding hydrogens is 466 g/mol. The lowest BCUT2D eigenvalue weighted by atomic mass is 10.1. The molecule has 0 aliphatic heterocycles. The minimum Gasteiger partial charge on any atom is -0.497 e.